The molecule has 1 N–H and O–H groups in total. The molecular weight excluding hydrogens is 390 g/mol. The van der Waals surface area contributed by atoms with E-state index >= 15 is 0 Å². The maximum absolute atomic E-state index is 12.5. The van der Waals surface area contributed by atoms with Crippen molar-refractivity contribution < 1.29 is 14.3 Å². The summed E-state index contributed by atoms with van der Waals surface area (Å²) < 4.78 is 6.71. The molecule has 0 aliphatic carbocycles. The Morgan fingerprint density at radius 3 is 2.76 bits per heavy atom. The van der Waals surface area contributed by atoms with Gasteiger partial charge in [0.05, 0.1) is 24.3 Å². The first-order chi connectivity index (χ1) is 11.9. The van der Waals surface area contributed by atoms with E-state index in [0.717, 1.165) is 4.47 Å². The van der Waals surface area contributed by atoms with Crippen LogP contribution in [0.3, 0.4) is 0 Å². The average molecular weight is 410 g/mol. The summed E-state index contributed by atoms with van der Waals surface area (Å²) in [6.07, 6.45) is 2.03. The minimum absolute atomic E-state index is 0.0844. The smallest absolute Gasteiger partial charge is 0.328 e. The molecule has 2 atom stereocenters. The highest BCUT2D eigenvalue weighted by atomic mass is 79.9. The van der Waals surface area contributed by atoms with E-state index in [4.69, 9.17) is 4.74 Å². The number of nitrogens with one attached hydrogen (secondary N) is 1. The van der Waals surface area contributed by atoms with Crippen LogP contribution in [-0.4, -0.2) is 34.6 Å². The lowest BCUT2D eigenvalue weighted by molar-refractivity contribution is -0.146. The molecule has 8 heteroatoms. The molecule has 0 unspecified atom stereocenters. The van der Waals surface area contributed by atoms with Gasteiger partial charge in [0.1, 0.15) is 12.6 Å². The standard InChI is InChI=1S/C17H20BrN3O4/c1-4-10(2)15(17(24)25-3)20-14(22)8-21-9-19-13-6-5-11(18)7-12(13)16(21)23/h5-7,9-10,15H,4,8H2,1-3H3,(H,20,22)/t10-,15+/m1/s1. The van der Waals surface area contributed by atoms with Crippen LogP contribution in [0.1, 0.15) is 20.3 Å². The van der Waals surface area contributed by atoms with E-state index in [0.29, 0.717) is 17.3 Å². The van der Waals surface area contributed by atoms with Crippen LogP contribution in [0, 0.1) is 5.92 Å². The molecule has 0 radical (unpaired) electrons. The summed E-state index contributed by atoms with van der Waals surface area (Å²) in [5.41, 5.74) is 0.233. The van der Waals surface area contributed by atoms with Crippen LogP contribution in [0.25, 0.3) is 10.9 Å². The number of rotatable bonds is 6. The van der Waals surface area contributed by atoms with Crippen LogP contribution in [0.2, 0.25) is 0 Å². The van der Waals surface area contributed by atoms with Gasteiger partial charge in [-0.15, -0.1) is 0 Å². The molecule has 0 saturated carbocycles. The normalized spacial score (nSPS) is 13.3. The van der Waals surface area contributed by atoms with Gasteiger partial charge in [-0.2, -0.15) is 0 Å². The molecule has 134 valence electrons. The van der Waals surface area contributed by atoms with E-state index in [2.05, 4.69) is 26.2 Å². The summed E-state index contributed by atoms with van der Waals surface area (Å²) in [5.74, 6) is -1.04. The molecule has 25 heavy (non-hydrogen) atoms. The molecule has 0 aliphatic heterocycles. The van der Waals surface area contributed by atoms with E-state index < -0.39 is 17.9 Å². The number of aromatic nitrogens is 2. The van der Waals surface area contributed by atoms with Crippen LogP contribution in [0.15, 0.2) is 33.8 Å². The molecular formula is C17H20BrN3O4. The van der Waals surface area contributed by atoms with E-state index in [9.17, 15) is 14.4 Å². The number of benzene rings is 1. The molecule has 1 aromatic heterocycles. The van der Waals surface area contributed by atoms with Gasteiger partial charge in [-0.3, -0.25) is 14.2 Å². The molecule has 0 saturated heterocycles. The summed E-state index contributed by atoms with van der Waals surface area (Å²) in [5, 5.41) is 3.06. The van der Waals surface area contributed by atoms with E-state index in [1.54, 1.807) is 18.2 Å². The Morgan fingerprint density at radius 2 is 2.12 bits per heavy atom. The number of fused-ring (bicyclic) bond motifs is 1. The molecule has 0 bridgehead atoms. The molecule has 0 aliphatic rings. The first kappa shape index (κ1) is 19.1. The third-order valence-corrected chi connectivity index (χ3v) is 4.58. The maximum Gasteiger partial charge on any atom is 0.328 e. The van der Waals surface area contributed by atoms with Crippen molar-refractivity contribution in [1.82, 2.24) is 14.9 Å². The van der Waals surface area contributed by atoms with E-state index in [1.807, 2.05) is 13.8 Å². The lowest BCUT2D eigenvalue weighted by atomic mass is 9.99. The Balaban J connectivity index is 2.22. The van der Waals surface area contributed by atoms with Crippen LogP contribution >= 0.6 is 15.9 Å². The number of esters is 1. The highest BCUT2D eigenvalue weighted by Crippen LogP contribution is 2.15. The zero-order chi connectivity index (χ0) is 18.6. The number of nitrogens with zero attached hydrogens (tertiary/aromatic N) is 2. The zero-order valence-corrected chi connectivity index (χ0v) is 15.9. The number of methoxy groups -OCH3 is 1. The van der Waals surface area contributed by atoms with E-state index in [1.165, 1.54) is 18.0 Å². The molecule has 0 spiro atoms. The summed E-state index contributed by atoms with van der Waals surface area (Å²) in [6, 6.07) is 4.43. The van der Waals surface area contributed by atoms with Crippen molar-refractivity contribution in [2.45, 2.75) is 32.9 Å². The first-order valence-corrected chi connectivity index (χ1v) is 8.68. The molecule has 1 aromatic carbocycles. The van der Waals surface area contributed by atoms with Crippen molar-refractivity contribution in [2.75, 3.05) is 7.11 Å². The lowest BCUT2D eigenvalue weighted by Gasteiger charge is -2.22. The number of carbonyl (C=O) groups is 2. The van der Waals surface area contributed by atoms with Gasteiger partial charge in [0, 0.05) is 4.47 Å². The van der Waals surface area contributed by atoms with Gasteiger partial charge in [-0.1, -0.05) is 36.2 Å². The average Bonchev–Trinajstić information content (AvgIpc) is 2.61. The maximum atomic E-state index is 12.5. The minimum Gasteiger partial charge on any atom is -0.467 e. The topological polar surface area (TPSA) is 90.3 Å². The summed E-state index contributed by atoms with van der Waals surface area (Å²) in [4.78, 5) is 40.9. The third kappa shape index (κ3) is 4.45. The largest absolute Gasteiger partial charge is 0.467 e. The highest BCUT2D eigenvalue weighted by molar-refractivity contribution is 9.10. The summed E-state index contributed by atoms with van der Waals surface area (Å²) >= 11 is 3.32. The van der Waals surface area contributed by atoms with Gasteiger partial charge in [0.2, 0.25) is 5.91 Å². The number of hydrogen-bond acceptors (Lipinski definition) is 5. The van der Waals surface area contributed by atoms with Crippen molar-refractivity contribution >= 4 is 38.7 Å². The van der Waals surface area contributed by atoms with Crippen LogP contribution in [0.4, 0.5) is 0 Å². The van der Waals surface area contributed by atoms with Gasteiger partial charge < -0.3 is 10.1 Å². The predicted octanol–water partition coefficient (Wildman–Crippen LogP) is 1.86. The SMILES string of the molecule is CC[C@@H](C)[C@H](NC(=O)Cn1cnc2ccc(Br)cc2c1=O)C(=O)OC. The number of halogens is 1. The van der Waals surface area contributed by atoms with Crippen molar-refractivity contribution in [2.24, 2.45) is 5.92 Å². The second-order valence-electron chi connectivity index (χ2n) is 5.79. The number of ether oxygens (including phenoxy) is 1. The third-order valence-electron chi connectivity index (χ3n) is 4.08. The highest BCUT2D eigenvalue weighted by Gasteiger charge is 2.26. The quantitative estimate of drug-likeness (QED) is 0.735. The second kappa shape index (κ2) is 8.24. The zero-order valence-electron chi connectivity index (χ0n) is 14.3. The molecule has 1 amide bonds. The Morgan fingerprint density at radius 1 is 1.40 bits per heavy atom. The van der Waals surface area contributed by atoms with Crippen molar-refractivity contribution in [1.29, 1.82) is 0 Å². The fourth-order valence-corrected chi connectivity index (χ4v) is 2.77. The second-order valence-corrected chi connectivity index (χ2v) is 6.71. The molecule has 1 heterocycles. The van der Waals surface area contributed by atoms with Crippen LogP contribution in [0.5, 0.6) is 0 Å². The Hall–Kier alpha value is -2.22. The fourth-order valence-electron chi connectivity index (χ4n) is 2.41. The number of amides is 1. The summed E-state index contributed by atoms with van der Waals surface area (Å²) in [7, 11) is 1.28. The van der Waals surface area contributed by atoms with E-state index in [-0.39, 0.29) is 18.0 Å². The van der Waals surface area contributed by atoms with Gasteiger partial charge in [0.25, 0.3) is 5.56 Å². The lowest BCUT2D eigenvalue weighted by Crippen LogP contribution is -2.47. The van der Waals surface area contributed by atoms with Crippen LogP contribution < -0.4 is 10.9 Å². The predicted molar refractivity (Wildman–Crippen MR) is 97.1 cm³/mol. The monoisotopic (exact) mass is 409 g/mol. The molecule has 7 nitrogen and oxygen atoms in total. The van der Waals surface area contributed by atoms with Gasteiger partial charge in [0.15, 0.2) is 0 Å². The minimum atomic E-state index is -0.749. The van der Waals surface area contributed by atoms with Crippen molar-refractivity contribution in [3.63, 3.8) is 0 Å². The Kier molecular flexibility index (Phi) is 6.30. The summed E-state index contributed by atoms with van der Waals surface area (Å²) in [6.45, 7) is 3.55. The fraction of sp³-hybridized carbons (Fsp3) is 0.412. The number of carbonyl (C=O) groups excluding carboxylic acids is 2. The van der Waals surface area contributed by atoms with Gasteiger partial charge in [-0.05, 0) is 24.1 Å². The molecule has 0 fully saturated rings. The van der Waals surface area contributed by atoms with Gasteiger partial charge in [-0.25, -0.2) is 9.78 Å². The first-order valence-electron chi connectivity index (χ1n) is 7.89. The van der Waals surface area contributed by atoms with Crippen molar-refractivity contribution in [3.05, 3.63) is 39.4 Å². The van der Waals surface area contributed by atoms with Gasteiger partial charge >= 0.3 is 5.97 Å². The Labute approximate surface area is 153 Å². The Bertz CT molecular complexity index is 849. The molecule has 2 rings (SSSR count). The van der Waals surface area contributed by atoms with Crippen LogP contribution in [-0.2, 0) is 20.9 Å². The number of hydrogen-bond donors (Lipinski definition) is 1. The molecule has 2 aromatic rings. The van der Waals surface area contributed by atoms with Crippen molar-refractivity contribution in [3.8, 4) is 0 Å².